The molecule has 1 aliphatic carbocycles. The number of hydrogen-bond acceptors (Lipinski definition) is 6. The van der Waals surface area contributed by atoms with Crippen LogP contribution in [-0.4, -0.2) is 59.6 Å². The fourth-order valence-electron chi connectivity index (χ4n) is 5.04. The number of benzene rings is 2. The van der Waals surface area contributed by atoms with Gasteiger partial charge in [0.2, 0.25) is 15.9 Å². The van der Waals surface area contributed by atoms with Crippen molar-refractivity contribution in [2.45, 2.75) is 70.1 Å². The molecule has 1 aromatic heterocycles. The van der Waals surface area contributed by atoms with Crippen LogP contribution in [-0.2, 0) is 29.7 Å². The number of oxazole rings is 1. The Hall–Kier alpha value is -2.72. The van der Waals surface area contributed by atoms with Crippen molar-refractivity contribution >= 4 is 27.5 Å². The van der Waals surface area contributed by atoms with Gasteiger partial charge >= 0.3 is 0 Å². The molecule has 0 unspecified atom stereocenters. The van der Waals surface area contributed by atoms with Crippen molar-refractivity contribution < 1.29 is 17.6 Å². The number of nitrogens with zero attached hydrogens (tertiary/aromatic N) is 4. The quantitative estimate of drug-likeness (QED) is 0.334. The largest absolute Gasteiger partial charge is 0.447 e. The second-order valence-corrected chi connectivity index (χ2v) is 13.0. The molecule has 208 valence electrons. The maximum atomic E-state index is 13.6. The highest BCUT2D eigenvalue weighted by atomic mass is 35.5. The fraction of sp³-hybridized carbons (Fsp3) is 0.448. The van der Waals surface area contributed by atoms with Gasteiger partial charge in [0.15, 0.2) is 5.69 Å². The van der Waals surface area contributed by atoms with Crippen molar-refractivity contribution in [1.82, 2.24) is 19.1 Å². The SMILES string of the molecule is Cc1cc(S(=O)(=O)N(Cc2nc(C(=O)N(C)Cc3ccc(CN4CCCC4)cc3)co2)C2CC2)c(C)cc1Cl. The number of amides is 1. The molecule has 2 aromatic carbocycles. The number of carbonyl (C=O) groups is 1. The minimum Gasteiger partial charge on any atom is -0.447 e. The molecule has 1 amide bonds. The lowest BCUT2D eigenvalue weighted by Crippen LogP contribution is -2.33. The predicted molar refractivity (Wildman–Crippen MR) is 150 cm³/mol. The second-order valence-electron chi connectivity index (χ2n) is 10.7. The van der Waals surface area contributed by atoms with E-state index in [0.717, 1.165) is 38.0 Å². The normalized spacial score (nSPS) is 16.2. The predicted octanol–water partition coefficient (Wildman–Crippen LogP) is 5.17. The van der Waals surface area contributed by atoms with Crippen LogP contribution in [0.3, 0.4) is 0 Å². The van der Waals surface area contributed by atoms with Crippen molar-refractivity contribution in [2.24, 2.45) is 0 Å². The van der Waals surface area contributed by atoms with Crippen LogP contribution in [0.15, 0.2) is 52.0 Å². The first-order chi connectivity index (χ1) is 18.6. The number of sulfonamides is 1. The van der Waals surface area contributed by atoms with Gasteiger partial charge in [-0.2, -0.15) is 4.31 Å². The summed E-state index contributed by atoms with van der Waals surface area (Å²) < 4.78 is 34.2. The number of aryl methyl sites for hydroxylation is 2. The molecular weight excluding hydrogens is 536 g/mol. The van der Waals surface area contributed by atoms with Gasteiger partial charge in [-0.05, 0) is 87.0 Å². The van der Waals surface area contributed by atoms with E-state index in [1.54, 1.807) is 37.9 Å². The first-order valence-corrected chi connectivity index (χ1v) is 15.2. The Morgan fingerprint density at radius 3 is 2.38 bits per heavy atom. The molecule has 1 saturated heterocycles. The maximum Gasteiger partial charge on any atom is 0.275 e. The number of aromatic nitrogens is 1. The molecule has 39 heavy (non-hydrogen) atoms. The topological polar surface area (TPSA) is 87.0 Å². The number of hydrogen-bond donors (Lipinski definition) is 0. The van der Waals surface area contributed by atoms with Crippen LogP contribution in [0, 0.1) is 13.8 Å². The first-order valence-electron chi connectivity index (χ1n) is 13.4. The van der Waals surface area contributed by atoms with E-state index in [0.29, 0.717) is 22.7 Å². The van der Waals surface area contributed by atoms with Gasteiger partial charge in [0, 0.05) is 31.2 Å². The molecule has 0 N–H and O–H groups in total. The molecule has 1 saturated carbocycles. The highest BCUT2D eigenvalue weighted by Crippen LogP contribution is 2.35. The van der Waals surface area contributed by atoms with Crippen molar-refractivity contribution in [3.63, 3.8) is 0 Å². The van der Waals surface area contributed by atoms with Crippen molar-refractivity contribution in [3.05, 3.63) is 81.5 Å². The van der Waals surface area contributed by atoms with E-state index >= 15 is 0 Å². The lowest BCUT2D eigenvalue weighted by atomic mass is 10.1. The molecule has 5 rings (SSSR count). The Kier molecular flexibility index (Phi) is 8.14. The van der Waals surface area contributed by atoms with Crippen molar-refractivity contribution in [1.29, 1.82) is 0 Å². The number of carbonyl (C=O) groups excluding carboxylic acids is 1. The molecule has 2 fully saturated rings. The molecule has 3 aromatic rings. The smallest absolute Gasteiger partial charge is 0.275 e. The molecule has 0 radical (unpaired) electrons. The minimum absolute atomic E-state index is 0.0381. The van der Waals surface area contributed by atoms with Crippen LogP contribution in [0.1, 0.15) is 64.3 Å². The second kappa shape index (κ2) is 11.4. The molecular formula is C29H35ClN4O4S. The summed E-state index contributed by atoms with van der Waals surface area (Å²) >= 11 is 6.20. The van der Waals surface area contributed by atoms with Gasteiger partial charge in [-0.25, -0.2) is 13.4 Å². The summed E-state index contributed by atoms with van der Waals surface area (Å²) in [7, 11) is -2.09. The maximum absolute atomic E-state index is 13.6. The zero-order valence-corrected chi connectivity index (χ0v) is 24.3. The third-order valence-electron chi connectivity index (χ3n) is 7.45. The van der Waals surface area contributed by atoms with Crippen LogP contribution < -0.4 is 0 Å². The summed E-state index contributed by atoms with van der Waals surface area (Å²) in [4.78, 5) is 21.7. The van der Waals surface area contributed by atoms with E-state index in [9.17, 15) is 13.2 Å². The van der Waals surface area contributed by atoms with E-state index in [4.69, 9.17) is 16.0 Å². The molecule has 0 bridgehead atoms. The van der Waals surface area contributed by atoms with Gasteiger partial charge in [-0.1, -0.05) is 35.9 Å². The molecule has 2 heterocycles. The summed E-state index contributed by atoms with van der Waals surface area (Å²) in [6.45, 7) is 7.19. The standard InChI is InChI=1S/C29H35ClN4O4S/c1-20-15-27(21(2)14-25(20)30)39(36,37)34(24-10-11-24)18-28-31-26(19-38-28)29(35)32(3)16-22-6-8-23(9-7-22)17-33-12-4-5-13-33/h6-9,14-15,19,24H,4-5,10-13,16-18H2,1-3H3. The van der Waals surface area contributed by atoms with E-state index < -0.39 is 10.0 Å². The fourth-order valence-corrected chi connectivity index (χ4v) is 7.18. The summed E-state index contributed by atoms with van der Waals surface area (Å²) in [6, 6.07) is 11.5. The Balaban J connectivity index is 1.24. The summed E-state index contributed by atoms with van der Waals surface area (Å²) in [6.07, 6.45) is 5.40. The van der Waals surface area contributed by atoms with Gasteiger partial charge in [0.25, 0.3) is 5.91 Å². The van der Waals surface area contributed by atoms with E-state index in [-0.39, 0.29) is 35.0 Å². The number of halogens is 1. The number of likely N-dealkylation sites (tertiary alicyclic amines) is 1. The van der Waals surface area contributed by atoms with Crippen LogP contribution in [0.4, 0.5) is 0 Å². The third kappa shape index (κ3) is 6.38. The Morgan fingerprint density at radius 2 is 1.72 bits per heavy atom. The summed E-state index contributed by atoms with van der Waals surface area (Å²) in [5.74, 6) is -0.0898. The average Bonchev–Trinajstić information content (AvgIpc) is 3.39. The Bertz CT molecular complexity index is 1440. The van der Waals surface area contributed by atoms with Crippen LogP contribution in [0.2, 0.25) is 5.02 Å². The molecule has 8 nitrogen and oxygen atoms in total. The zero-order valence-electron chi connectivity index (χ0n) is 22.7. The highest BCUT2D eigenvalue weighted by molar-refractivity contribution is 7.89. The van der Waals surface area contributed by atoms with E-state index in [2.05, 4.69) is 34.1 Å². The summed E-state index contributed by atoms with van der Waals surface area (Å²) in [5.41, 5.74) is 3.74. The Labute approximate surface area is 235 Å². The van der Waals surface area contributed by atoms with Crippen LogP contribution in [0.25, 0.3) is 0 Å². The highest BCUT2D eigenvalue weighted by Gasteiger charge is 2.40. The summed E-state index contributed by atoms with van der Waals surface area (Å²) in [5, 5.41) is 0.530. The van der Waals surface area contributed by atoms with Gasteiger partial charge in [0.1, 0.15) is 6.26 Å². The van der Waals surface area contributed by atoms with E-state index in [1.165, 1.54) is 29.0 Å². The lowest BCUT2D eigenvalue weighted by Gasteiger charge is -2.22. The van der Waals surface area contributed by atoms with Crippen molar-refractivity contribution in [3.8, 4) is 0 Å². The van der Waals surface area contributed by atoms with Gasteiger partial charge < -0.3 is 9.32 Å². The van der Waals surface area contributed by atoms with E-state index in [1.807, 2.05) is 0 Å². The zero-order chi connectivity index (χ0) is 27.7. The van der Waals surface area contributed by atoms with Crippen LogP contribution >= 0.6 is 11.6 Å². The molecule has 0 atom stereocenters. The van der Waals surface area contributed by atoms with Crippen LogP contribution in [0.5, 0.6) is 0 Å². The average molecular weight is 571 g/mol. The molecule has 10 heteroatoms. The Morgan fingerprint density at radius 1 is 1.05 bits per heavy atom. The van der Waals surface area contributed by atoms with Gasteiger partial charge in [0.05, 0.1) is 11.4 Å². The lowest BCUT2D eigenvalue weighted by molar-refractivity contribution is 0.0779. The molecule has 2 aliphatic rings. The molecule has 0 spiro atoms. The van der Waals surface area contributed by atoms with Gasteiger partial charge in [-0.3, -0.25) is 9.69 Å². The van der Waals surface area contributed by atoms with Crippen molar-refractivity contribution in [2.75, 3.05) is 20.1 Å². The third-order valence-corrected chi connectivity index (χ3v) is 9.90. The number of rotatable bonds is 10. The molecule has 1 aliphatic heterocycles. The monoisotopic (exact) mass is 570 g/mol. The first kappa shape index (κ1) is 27.8. The van der Waals surface area contributed by atoms with Gasteiger partial charge in [-0.15, -0.1) is 0 Å². The minimum atomic E-state index is -3.81.